The molecule has 0 saturated heterocycles. The third kappa shape index (κ3) is 5.98. The lowest BCUT2D eigenvalue weighted by Crippen LogP contribution is -2.17. The van der Waals surface area contributed by atoms with E-state index in [0.717, 1.165) is 34.1 Å². The maximum atomic E-state index is 2.48. The fourth-order valence-corrected chi connectivity index (χ4v) is 8.93. The van der Waals surface area contributed by atoms with E-state index in [1.54, 1.807) is 0 Å². The Morgan fingerprint density at radius 2 is 0.877 bits per heavy atom. The first-order valence-corrected chi connectivity index (χ1v) is 19.8. The van der Waals surface area contributed by atoms with Crippen molar-refractivity contribution in [3.63, 3.8) is 0 Å². The summed E-state index contributed by atoms with van der Waals surface area (Å²) in [5.74, 6) is 0. The van der Waals surface area contributed by atoms with Gasteiger partial charge in [0.05, 0.1) is 5.69 Å². The molecule has 0 bridgehead atoms. The van der Waals surface area contributed by atoms with Gasteiger partial charge in [0.2, 0.25) is 0 Å². The predicted octanol–water partition coefficient (Wildman–Crippen LogP) is 15.4. The molecule has 2 heteroatoms. The van der Waals surface area contributed by atoms with Crippen molar-refractivity contribution >= 4 is 44.9 Å². The molecule has 0 amide bonds. The lowest BCUT2D eigenvalue weighted by molar-refractivity contribution is 0.660. The molecular formula is C55H42N2. The van der Waals surface area contributed by atoms with Gasteiger partial charge in [0.25, 0.3) is 0 Å². The second kappa shape index (κ2) is 14.2. The van der Waals surface area contributed by atoms with Crippen molar-refractivity contribution in [2.75, 3.05) is 9.80 Å². The van der Waals surface area contributed by atoms with Gasteiger partial charge in [-0.2, -0.15) is 0 Å². The zero-order valence-corrected chi connectivity index (χ0v) is 32.2. The summed E-state index contributed by atoms with van der Waals surface area (Å²) in [5, 5.41) is 2.44. The third-order valence-electron chi connectivity index (χ3n) is 11.6. The topological polar surface area (TPSA) is 6.48 Å². The number of para-hydroxylation sites is 2. The van der Waals surface area contributed by atoms with E-state index >= 15 is 0 Å². The lowest BCUT2D eigenvalue weighted by atomic mass is 9.81. The minimum Gasteiger partial charge on any atom is -0.310 e. The monoisotopic (exact) mass is 730 g/mol. The summed E-state index contributed by atoms with van der Waals surface area (Å²) in [6.45, 7) is 4.76. The van der Waals surface area contributed by atoms with Crippen LogP contribution in [0.15, 0.2) is 218 Å². The van der Waals surface area contributed by atoms with Crippen molar-refractivity contribution in [1.29, 1.82) is 0 Å². The number of nitrogens with zero attached hydrogens (tertiary/aromatic N) is 2. The van der Waals surface area contributed by atoms with E-state index in [1.807, 2.05) is 0 Å². The smallest absolute Gasteiger partial charge is 0.0546 e. The Kier molecular flexibility index (Phi) is 8.53. The maximum absolute atomic E-state index is 2.48. The van der Waals surface area contributed by atoms with E-state index in [4.69, 9.17) is 0 Å². The van der Waals surface area contributed by atoms with E-state index in [-0.39, 0.29) is 5.41 Å². The molecule has 9 aromatic carbocycles. The van der Waals surface area contributed by atoms with E-state index in [2.05, 4.69) is 242 Å². The third-order valence-corrected chi connectivity index (χ3v) is 11.6. The van der Waals surface area contributed by atoms with Crippen molar-refractivity contribution in [1.82, 2.24) is 0 Å². The Labute approximate surface area is 335 Å². The normalized spacial score (nSPS) is 12.5. The van der Waals surface area contributed by atoms with Crippen LogP contribution >= 0.6 is 0 Å². The van der Waals surface area contributed by atoms with Gasteiger partial charge >= 0.3 is 0 Å². The summed E-state index contributed by atoms with van der Waals surface area (Å²) < 4.78 is 0. The Bertz CT molecular complexity index is 2820. The van der Waals surface area contributed by atoms with E-state index in [9.17, 15) is 0 Å². The van der Waals surface area contributed by atoms with E-state index in [0.29, 0.717) is 0 Å². The molecule has 0 atom stereocenters. The Balaban J connectivity index is 1.22. The van der Waals surface area contributed by atoms with E-state index in [1.165, 1.54) is 55.3 Å². The minimum absolute atomic E-state index is 0.206. The molecule has 0 spiro atoms. The molecule has 2 nitrogen and oxygen atoms in total. The van der Waals surface area contributed by atoms with E-state index < -0.39 is 0 Å². The number of hydrogen-bond donors (Lipinski definition) is 0. The molecule has 1 aliphatic rings. The Morgan fingerprint density at radius 1 is 0.333 bits per heavy atom. The van der Waals surface area contributed by atoms with Crippen LogP contribution in [0.1, 0.15) is 25.0 Å². The van der Waals surface area contributed by atoms with Crippen LogP contribution in [0, 0.1) is 0 Å². The fourth-order valence-electron chi connectivity index (χ4n) is 8.93. The van der Waals surface area contributed by atoms with Crippen molar-refractivity contribution in [2.24, 2.45) is 0 Å². The Hall–Kier alpha value is -7.16. The molecule has 10 rings (SSSR count). The molecule has 0 aliphatic heterocycles. The highest BCUT2D eigenvalue weighted by Crippen LogP contribution is 2.54. The van der Waals surface area contributed by atoms with Gasteiger partial charge in [-0.15, -0.1) is 0 Å². The first-order chi connectivity index (χ1) is 28.1. The molecule has 0 unspecified atom stereocenters. The highest BCUT2D eigenvalue weighted by Gasteiger charge is 2.37. The molecule has 0 aromatic heterocycles. The van der Waals surface area contributed by atoms with Crippen LogP contribution in [0.4, 0.5) is 34.1 Å². The zero-order valence-electron chi connectivity index (χ0n) is 32.2. The summed E-state index contributed by atoms with van der Waals surface area (Å²) in [6, 6.07) is 79.3. The number of fused-ring (bicyclic) bond motifs is 4. The summed E-state index contributed by atoms with van der Waals surface area (Å²) in [4.78, 5) is 4.82. The van der Waals surface area contributed by atoms with Gasteiger partial charge in [0.15, 0.2) is 0 Å². The van der Waals surface area contributed by atoms with Gasteiger partial charge in [0.1, 0.15) is 0 Å². The van der Waals surface area contributed by atoms with Crippen LogP contribution < -0.4 is 9.80 Å². The van der Waals surface area contributed by atoms with Crippen LogP contribution in [0.3, 0.4) is 0 Å². The lowest BCUT2D eigenvalue weighted by Gasteiger charge is -2.32. The Morgan fingerprint density at radius 3 is 1.56 bits per heavy atom. The van der Waals surface area contributed by atoms with Crippen molar-refractivity contribution in [3.05, 3.63) is 230 Å². The quantitative estimate of drug-likeness (QED) is 0.154. The maximum Gasteiger partial charge on any atom is 0.0546 e. The van der Waals surface area contributed by atoms with Crippen LogP contribution in [0.5, 0.6) is 0 Å². The largest absolute Gasteiger partial charge is 0.310 e. The zero-order chi connectivity index (χ0) is 38.3. The van der Waals surface area contributed by atoms with Gasteiger partial charge in [-0.25, -0.2) is 0 Å². The van der Waals surface area contributed by atoms with Crippen molar-refractivity contribution in [3.8, 4) is 33.4 Å². The number of hydrogen-bond acceptors (Lipinski definition) is 2. The summed E-state index contributed by atoms with van der Waals surface area (Å²) in [5.41, 5.74) is 16.6. The van der Waals surface area contributed by atoms with Gasteiger partial charge in [0, 0.05) is 39.4 Å². The number of anilines is 6. The van der Waals surface area contributed by atoms with Gasteiger partial charge in [-0.05, 0) is 110 Å². The average Bonchev–Trinajstić information content (AvgIpc) is 3.50. The first kappa shape index (κ1) is 34.3. The molecule has 0 saturated carbocycles. The summed E-state index contributed by atoms with van der Waals surface area (Å²) in [6.07, 6.45) is 0. The molecule has 9 aromatic rings. The van der Waals surface area contributed by atoms with Crippen LogP contribution in [0.2, 0.25) is 0 Å². The SMILES string of the molecule is CC1(C)c2cc(N(c3cccc(N(c4ccccc4)c4ccccc4)c3)c3ccc4ccccc4c3-c3ccccc3)ccc2-c2c(-c3ccccc3)cccc21. The molecule has 0 heterocycles. The second-order valence-electron chi connectivity index (χ2n) is 15.4. The molecule has 1 aliphatic carbocycles. The van der Waals surface area contributed by atoms with Crippen LogP contribution in [-0.2, 0) is 5.41 Å². The second-order valence-corrected chi connectivity index (χ2v) is 15.4. The summed E-state index contributed by atoms with van der Waals surface area (Å²) >= 11 is 0. The molecule has 0 radical (unpaired) electrons. The fraction of sp³-hybridized carbons (Fsp3) is 0.0545. The first-order valence-electron chi connectivity index (χ1n) is 19.8. The number of rotatable bonds is 8. The van der Waals surface area contributed by atoms with Gasteiger partial charge in [-0.1, -0.05) is 172 Å². The van der Waals surface area contributed by atoms with Gasteiger partial charge in [-0.3, -0.25) is 0 Å². The van der Waals surface area contributed by atoms with Crippen molar-refractivity contribution in [2.45, 2.75) is 19.3 Å². The molecular weight excluding hydrogens is 689 g/mol. The number of benzene rings is 9. The standard InChI is InChI=1S/C55H42N2/c1-55(2)50-32-18-31-48(39-19-7-3-8-20-39)54(50)49-35-34-46(38-51(49)55)57(52-36-33-40-21-15-16-30-47(40)53(52)41-22-9-4-10-23-41)45-29-17-28-44(37-45)56(42-24-11-5-12-25-42)43-26-13-6-14-27-43/h3-38H,1-2H3. The molecule has 0 fully saturated rings. The molecule has 0 N–H and O–H groups in total. The average molecular weight is 731 g/mol. The molecule has 272 valence electrons. The minimum atomic E-state index is -0.206. The van der Waals surface area contributed by atoms with Crippen LogP contribution in [0.25, 0.3) is 44.2 Å². The summed E-state index contributed by atoms with van der Waals surface area (Å²) in [7, 11) is 0. The predicted molar refractivity (Wildman–Crippen MR) is 242 cm³/mol. The van der Waals surface area contributed by atoms with Crippen molar-refractivity contribution < 1.29 is 0 Å². The highest BCUT2D eigenvalue weighted by molar-refractivity contribution is 6.06. The van der Waals surface area contributed by atoms with Crippen LogP contribution in [-0.4, -0.2) is 0 Å². The highest BCUT2D eigenvalue weighted by atomic mass is 15.2. The van der Waals surface area contributed by atoms with Gasteiger partial charge < -0.3 is 9.80 Å². The molecule has 57 heavy (non-hydrogen) atoms.